The number of carbonyl (C=O) groups excluding carboxylic acids is 4. The SMILES string of the molecule is O=C1C2CC3=CC(CC3)C2C(=O)N1c1cc(C(c2ccc(O)c(N3C(=O)C4C5C=CC(C5)C4C3=O)c2)(C(F)(F)F)C(F)(F)F)ccc1O. The highest BCUT2D eigenvalue weighted by Gasteiger charge is 2.73. The lowest BCUT2D eigenvalue weighted by atomic mass is 9.72. The van der Waals surface area contributed by atoms with Crippen LogP contribution in [0.2, 0.25) is 0 Å². The summed E-state index contributed by atoms with van der Waals surface area (Å²) in [5.41, 5.74) is -8.54. The van der Waals surface area contributed by atoms with E-state index in [0.29, 0.717) is 65.5 Å². The van der Waals surface area contributed by atoms with Crippen molar-refractivity contribution < 1.29 is 55.7 Å². The number of halogens is 6. The van der Waals surface area contributed by atoms with Crippen molar-refractivity contribution in [2.24, 2.45) is 41.4 Å². The van der Waals surface area contributed by atoms with Crippen molar-refractivity contribution in [3.05, 3.63) is 71.3 Å². The Bertz CT molecular complexity index is 1850. The lowest BCUT2D eigenvalue weighted by molar-refractivity contribution is -0.288. The zero-order valence-corrected chi connectivity index (χ0v) is 24.8. The lowest BCUT2D eigenvalue weighted by Crippen LogP contribution is -2.55. The van der Waals surface area contributed by atoms with Gasteiger partial charge in [-0.05, 0) is 78.8 Å². The van der Waals surface area contributed by atoms with Crippen LogP contribution in [0.1, 0.15) is 36.8 Å². The molecule has 0 radical (unpaired) electrons. The van der Waals surface area contributed by atoms with E-state index >= 15 is 26.3 Å². The molecule has 2 heterocycles. The number of nitrogens with zero attached hydrogens (tertiary/aromatic N) is 2. The number of alkyl halides is 6. The summed E-state index contributed by atoms with van der Waals surface area (Å²) in [4.78, 5) is 54.8. The second-order valence-electron chi connectivity index (χ2n) is 13.5. The molecule has 4 bridgehead atoms. The van der Waals surface area contributed by atoms with Gasteiger partial charge in [0.05, 0.1) is 35.0 Å². The average molecular weight is 673 g/mol. The molecule has 4 aliphatic carbocycles. The number of hydrogen-bond donors (Lipinski definition) is 2. The van der Waals surface area contributed by atoms with Gasteiger partial charge < -0.3 is 10.2 Å². The lowest BCUT2D eigenvalue weighted by Gasteiger charge is -2.39. The zero-order valence-electron chi connectivity index (χ0n) is 24.8. The number of benzene rings is 2. The summed E-state index contributed by atoms with van der Waals surface area (Å²) in [6, 6.07) is 2.58. The van der Waals surface area contributed by atoms with Gasteiger partial charge in [-0.25, -0.2) is 9.80 Å². The Labute approximate surface area is 268 Å². The normalized spacial score (nSPS) is 30.9. The number of carbonyl (C=O) groups is 4. The molecule has 7 unspecified atom stereocenters. The molecule has 2 aromatic rings. The molecule has 14 heteroatoms. The quantitative estimate of drug-likeness (QED) is 0.246. The third-order valence-electron chi connectivity index (χ3n) is 11.3. The van der Waals surface area contributed by atoms with Crippen LogP contribution in [0.3, 0.4) is 0 Å². The van der Waals surface area contributed by atoms with E-state index in [0.717, 1.165) is 5.57 Å². The van der Waals surface area contributed by atoms with E-state index < -0.39 is 99.1 Å². The minimum atomic E-state index is -6.15. The number of hydrogen-bond acceptors (Lipinski definition) is 6. The Morgan fingerprint density at radius 2 is 1.12 bits per heavy atom. The number of anilines is 2. The Balaban J connectivity index is 1.27. The van der Waals surface area contributed by atoms with Crippen molar-refractivity contribution in [3.63, 3.8) is 0 Å². The molecule has 8 nitrogen and oxygen atoms in total. The van der Waals surface area contributed by atoms with E-state index in [2.05, 4.69) is 0 Å². The molecule has 2 saturated heterocycles. The first-order chi connectivity index (χ1) is 22.6. The number of phenolic OH excluding ortho intramolecular Hbond substituents is 2. The second-order valence-corrected chi connectivity index (χ2v) is 13.5. The Kier molecular flexibility index (Phi) is 6.22. The molecular formula is C34H26F6N2O6. The van der Waals surface area contributed by atoms with Crippen LogP contribution in [-0.2, 0) is 24.6 Å². The number of rotatable bonds is 4. The van der Waals surface area contributed by atoms with E-state index in [1.807, 2.05) is 6.08 Å². The highest BCUT2D eigenvalue weighted by Crippen LogP contribution is 2.60. The predicted molar refractivity (Wildman–Crippen MR) is 154 cm³/mol. The van der Waals surface area contributed by atoms with E-state index in [1.54, 1.807) is 12.2 Å². The highest BCUT2D eigenvalue weighted by molar-refractivity contribution is 6.24. The summed E-state index contributed by atoms with van der Waals surface area (Å²) in [7, 11) is 0. The molecule has 48 heavy (non-hydrogen) atoms. The second kappa shape index (κ2) is 9.73. The Morgan fingerprint density at radius 1 is 0.646 bits per heavy atom. The molecule has 250 valence electrons. The third kappa shape index (κ3) is 3.79. The standard InChI is InChI=1S/C34H26F6N2O6/c35-33(36,37)32(34(38,39)40,19-6-8-24(44)22(13-19)42-30(47)26-16-3-4-17(11-16)27(26)31(42)48)18-5-7-23(43)21(12-18)41-28(45)20-10-14-1-2-15(9-14)25(20)29(41)46/h3-9,12-13,15-17,20,25-27,43-44H,1-2,10-11H2. The fraction of sp³-hybridized carbons (Fsp3) is 0.412. The monoisotopic (exact) mass is 672 g/mol. The molecule has 7 atom stereocenters. The van der Waals surface area contributed by atoms with Gasteiger partial charge in [0.1, 0.15) is 11.5 Å². The molecule has 0 spiro atoms. The van der Waals surface area contributed by atoms with Crippen LogP contribution in [0, 0.1) is 41.4 Å². The van der Waals surface area contributed by atoms with Crippen LogP contribution < -0.4 is 9.80 Å². The third-order valence-corrected chi connectivity index (χ3v) is 11.3. The summed E-state index contributed by atoms with van der Waals surface area (Å²) >= 11 is 0. The van der Waals surface area contributed by atoms with Crippen molar-refractivity contribution in [1.82, 2.24) is 0 Å². The first kappa shape index (κ1) is 30.7. The molecular weight excluding hydrogens is 646 g/mol. The van der Waals surface area contributed by atoms with E-state index in [-0.39, 0.29) is 24.2 Å². The van der Waals surface area contributed by atoms with E-state index in [1.165, 1.54) is 0 Å². The maximum absolute atomic E-state index is 15.3. The smallest absolute Gasteiger partial charge is 0.411 e. The van der Waals surface area contributed by atoms with E-state index in [9.17, 15) is 29.4 Å². The van der Waals surface area contributed by atoms with Gasteiger partial charge >= 0.3 is 12.4 Å². The molecule has 3 fully saturated rings. The number of allylic oxidation sites excluding steroid dienone is 4. The number of aromatic hydroxyl groups is 2. The maximum Gasteiger partial charge on any atom is 0.411 e. The predicted octanol–water partition coefficient (Wildman–Crippen LogP) is 5.67. The summed E-state index contributed by atoms with van der Waals surface area (Å²) in [5, 5.41) is 21.4. The van der Waals surface area contributed by atoms with Crippen LogP contribution in [0.25, 0.3) is 0 Å². The van der Waals surface area contributed by atoms with Gasteiger partial charge in [-0.2, -0.15) is 26.3 Å². The van der Waals surface area contributed by atoms with Crippen LogP contribution >= 0.6 is 0 Å². The summed E-state index contributed by atoms with van der Waals surface area (Å²) in [6.45, 7) is 0. The molecule has 8 rings (SSSR count). The first-order valence-corrected chi connectivity index (χ1v) is 15.5. The maximum atomic E-state index is 15.3. The highest BCUT2D eigenvalue weighted by atomic mass is 19.4. The minimum absolute atomic E-state index is 0.223. The number of imide groups is 2. The van der Waals surface area contributed by atoms with Gasteiger partial charge in [0.25, 0.3) is 0 Å². The zero-order chi connectivity index (χ0) is 34.2. The van der Waals surface area contributed by atoms with Gasteiger partial charge in [-0.3, -0.25) is 19.2 Å². The van der Waals surface area contributed by atoms with Gasteiger partial charge in [-0.15, -0.1) is 0 Å². The van der Waals surface area contributed by atoms with E-state index in [4.69, 9.17) is 0 Å². The summed E-state index contributed by atoms with van der Waals surface area (Å²) in [6.07, 6.45) is -4.92. The first-order valence-electron chi connectivity index (χ1n) is 15.5. The van der Waals surface area contributed by atoms with Crippen molar-refractivity contribution >= 4 is 35.0 Å². The minimum Gasteiger partial charge on any atom is -0.506 e. The van der Waals surface area contributed by atoms with Crippen molar-refractivity contribution in [3.8, 4) is 11.5 Å². The largest absolute Gasteiger partial charge is 0.506 e. The molecule has 4 amide bonds. The molecule has 2 aromatic carbocycles. The van der Waals surface area contributed by atoms with Crippen molar-refractivity contribution in [2.45, 2.75) is 43.5 Å². The molecule has 6 aliphatic rings. The van der Waals surface area contributed by atoms with Crippen molar-refractivity contribution in [1.29, 1.82) is 0 Å². The van der Waals surface area contributed by atoms with Gasteiger partial charge in [0.2, 0.25) is 29.0 Å². The van der Waals surface area contributed by atoms with Gasteiger partial charge in [0, 0.05) is 0 Å². The average Bonchev–Trinajstić information content (AvgIpc) is 3.81. The van der Waals surface area contributed by atoms with Gasteiger partial charge in [0.15, 0.2) is 0 Å². The number of amides is 4. The molecule has 1 saturated carbocycles. The number of fused-ring (bicyclic) bond motifs is 8. The number of phenols is 2. The van der Waals surface area contributed by atoms with Crippen LogP contribution in [-0.4, -0.2) is 46.2 Å². The van der Waals surface area contributed by atoms with Gasteiger partial charge in [-0.1, -0.05) is 35.9 Å². The van der Waals surface area contributed by atoms with Crippen LogP contribution in [0.15, 0.2) is 60.2 Å². The Hall–Kier alpha value is -4.62. The fourth-order valence-electron chi connectivity index (χ4n) is 9.23. The van der Waals surface area contributed by atoms with Crippen LogP contribution in [0.5, 0.6) is 11.5 Å². The Morgan fingerprint density at radius 3 is 1.62 bits per heavy atom. The van der Waals surface area contributed by atoms with Crippen molar-refractivity contribution in [2.75, 3.05) is 9.80 Å². The topological polar surface area (TPSA) is 115 Å². The van der Waals surface area contributed by atoms with Crippen LogP contribution in [0.4, 0.5) is 37.7 Å². The molecule has 2 aliphatic heterocycles. The fourth-order valence-corrected chi connectivity index (χ4v) is 9.23. The summed E-state index contributed by atoms with van der Waals surface area (Å²) < 4.78 is 91.5. The molecule has 2 N–H and O–H groups in total. The summed E-state index contributed by atoms with van der Waals surface area (Å²) in [5.74, 6) is -9.45. The molecule has 0 aromatic heterocycles.